The molecule has 4 nitrogen and oxygen atoms in total. The molecular formula is C9H6F3IO4. The van der Waals surface area contributed by atoms with Gasteiger partial charge in [-0.05, 0) is 40.8 Å². The molecular weight excluding hydrogens is 356 g/mol. The molecule has 0 heterocycles. The average Bonchev–Trinajstić information content (AvgIpc) is 2.17. The predicted octanol–water partition coefficient (Wildman–Crippen LogP) is 2.31. The summed E-state index contributed by atoms with van der Waals surface area (Å²) in [5, 5.41) is 17.8. The molecule has 0 bridgehead atoms. The zero-order valence-corrected chi connectivity index (χ0v) is 10.2. The summed E-state index contributed by atoms with van der Waals surface area (Å²) >= 11 is 1.78. The second-order valence-electron chi connectivity index (χ2n) is 2.97. The zero-order chi connectivity index (χ0) is 13.2. The average molecular weight is 362 g/mol. The highest BCUT2D eigenvalue weighted by Crippen LogP contribution is 2.31. The molecule has 1 aromatic rings. The number of alkyl halides is 3. The smallest absolute Gasteiger partial charge is 0.479 e. The van der Waals surface area contributed by atoms with Crippen LogP contribution < -0.4 is 4.74 Å². The molecule has 1 atom stereocenters. The second kappa shape index (κ2) is 5.08. The van der Waals surface area contributed by atoms with Crippen molar-refractivity contribution in [1.82, 2.24) is 0 Å². The highest BCUT2D eigenvalue weighted by molar-refractivity contribution is 14.1. The Morgan fingerprint density at radius 3 is 2.47 bits per heavy atom. The van der Waals surface area contributed by atoms with Gasteiger partial charge in [-0.2, -0.15) is 0 Å². The number of halogens is 4. The molecule has 0 aliphatic carbocycles. The van der Waals surface area contributed by atoms with Crippen LogP contribution in [0.4, 0.5) is 13.2 Å². The minimum absolute atomic E-state index is 0.443. The lowest BCUT2D eigenvalue weighted by molar-refractivity contribution is -0.275. The van der Waals surface area contributed by atoms with E-state index in [4.69, 9.17) is 5.11 Å². The van der Waals surface area contributed by atoms with Crippen LogP contribution in [-0.2, 0) is 4.79 Å². The Hall–Kier alpha value is -1.03. The Morgan fingerprint density at radius 2 is 2.00 bits per heavy atom. The minimum atomic E-state index is -4.94. The number of hydrogen-bond donors (Lipinski definition) is 2. The zero-order valence-electron chi connectivity index (χ0n) is 8.03. The monoisotopic (exact) mass is 362 g/mol. The van der Waals surface area contributed by atoms with Crippen molar-refractivity contribution in [1.29, 1.82) is 0 Å². The van der Waals surface area contributed by atoms with Gasteiger partial charge < -0.3 is 14.9 Å². The van der Waals surface area contributed by atoms with Crippen molar-refractivity contribution in [2.45, 2.75) is 12.5 Å². The normalized spacial score (nSPS) is 13.2. The summed E-state index contributed by atoms with van der Waals surface area (Å²) in [6.45, 7) is 0. The molecule has 0 amide bonds. The first-order chi connectivity index (χ1) is 7.70. The lowest BCUT2D eigenvalue weighted by atomic mass is 10.1. The third kappa shape index (κ3) is 4.04. The Kier molecular flexibility index (Phi) is 4.20. The number of rotatable bonds is 3. The van der Waals surface area contributed by atoms with Gasteiger partial charge in [0.15, 0.2) is 6.10 Å². The molecule has 94 valence electrons. The SMILES string of the molecule is O=C(O)C(O)c1cc(I)ccc1OC(F)(F)F. The summed E-state index contributed by atoms with van der Waals surface area (Å²) in [4.78, 5) is 10.5. The molecule has 0 saturated heterocycles. The second-order valence-corrected chi connectivity index (χ2v) is 4.22. The molecule has 2 N–H and O–H groups in total. The standard InChI is InChI=1S/C9H6F3IO4/c10-9(11,12)17-6-2-1-4(13)3-5(6)7(14)8(15)16/h1-3,7,14H,(H,15,16). The molecule has 0 radical (unpaired) electrons. The summed E-state index contributed by atoms with van der Waals surface area (Å²) in [5.74, 6) is -2.38. The maximum absolute atomic E-state index is 12.0. The molecule has 1 aromatic carbocycles. The van der Waals surface area contributed by atoms with Crippen molar-refractivity contribution in [3.05, 3.63) is 27.3 Å². The van der Waals surface area contributed by atoms with Gasteiger partial charge >= 0.3 is 12.3 Å². The number of ether oxygens (including phenoxy) is 1. The summed E-state index contributed by atoms with van der Waals surface area (Å²) < 4.78 is 40.2. The first kappa shape index (κ1) is 14.0. The van der Waals surface area contributed by atoms with E-state index in [-0.39, 0.29) is 0 Å². The Morgan fingerprint density at radius 1 is 1.41 bits per heavy atom. The maximum atomic E-state index is 12.0. The number of carboxylic acid groups (broad SMARTS) is 1. The van der Waals surface area contributed by atoms with Crippen LogP contribution in [0.25, 0.3) is 0 Å². The summed E-state index contributed by atoms with van der Waals surface area (Å²) in [6.07, 6.45) is -7.01. The van der Waals surface area contributed by atoms with Gasteiger partial charge in [-0.25, -0.2) is 4.79 Å². The first-order valence-electron chi connectivity index (χ1n) is 4.17. The van der Waals surface area contributed by atoms with E-state index in [1.54, 1.807) is 22.6 Å². The van der Waals surface area contributed by atoms with Crippen LogP contribution in [0.1, 0.15) is 11.7 Å². The van der Waals surface area contributed by atoms with Gasteiger partial charge in [0, 0.05) is 9.13 Å². The minimum Gasteiger partial charge on any atom is -0.479 e. The van der Waals surface area contributed by atoms with E-state index in [0.717, 1.165) is 12.1 Å². The van der Waals surface area contributed by atoms with Crippen LogP contribution in [0.3, 0.4) is 0 Å². The van der Waals surface area contributed by atoms with E-state index in [1.165, 1.54) is 6.07 Å². The quantitative estimate of drug-likeness (QED) is 0.810. The Bertz CT molecular complexity index is 433. The number of aliphatic hydroxyl groups is 1. The molecule has 17 heavy (non-hydrogen) atoms. The molecule has 0 aliphatic heterocycles. The Balaban J connectivity index is 3.17. The van der Waals surface area contributed by atoms with Gasteiger partial charge in [0.1, 0.15) is 5.75 Å². The molecule has 1 rings (SSSR count). The third-order valence-corrected chi connectivity index (χ3v) is 2.40. The van der Waals surface area contributed by atoms with Crippen LogP contribution in [0.2, 0.25) is 0 Å². The summed E-state index contributed by atoms with van der Waals surface area (Å²) in [7, 11) is 0. The summed E-state index contributed by atoms with van der Waals surface area (Å²) in [6, 6.07) is 3.37. The van der Waals surface area contributed by atoms with Gasteiger partial charge in [-0.15, -0.1) is 13.2 Å². The van der Waals surface area contributed by atoms with E-state index in [9.17, 15) is 23.1 Å². The Labute approximate surface area is 107 Å². The summed E-state index contributed by atoms with van der Waals surface area (Å²) in [5.41, 5.74) is -0.443. The molecule has 0 saturated carbocycles. The molecule has 0 fully saturated rings. The van der Waals surface area contributed by atoms with Crippen LogP contribution >= 0.6 is 22.6 Å². The van der Waals surface area contributed by atoms with Crippen molar-refractivity contribution < 1.29 is 32.9 Å². The third-order valence-electron chi connectivity index (χ3n) is 1.73. The van der Waals surface area contributed by atoms with Crippen LogP contribution in [0.15, 0.2) is 18.2 Å². The molecule has 0 aliphatic rings. The van der Waals surface area contributed by atoms with Crippen molar-refractivity contribution in [3.63, 3.8) is 0 Å². The number of carbonyl (C=O) groups is 1. The number of carboxylic acids is 1. The first-order valence-corrected chi connectivity index (χ1v) is 5.24. The fourth-order valence-electron chi connectivity index (χ4n) is 1.08. The van der Waals surface area contributed by atoms with Gasteiger partial charge in [0.05, 0.1) is 0 Å². The van der Waals surface area contributed by atoms with E-state index < -0.39 is 29.7 Å². The van der Waals surface area contributed by atoms with Gasteiger partial charge in [-0.3, -0.25) is 0 Å². The molecule has 8 heteroatoms. The maximum Gasteiger partial charge on any atom is 0.573 e. The van der Waals surface area contributed by atoms with E-state index >= 15 is 0 Å². The molecule has 0 aromatic heterocycles. The largest absolute Gasteiger partial charge is 0.573 e. The van der Waals surface area contributed by atoms with Crippen molar-refractivity contribution >= 4 is 28.6 Å². The fourth-order valence-corrected chi connectivity index (χ4v) is 1.60. The van der Waals surface area contributed by atoms with Crippen molar-refractivity contribution in [2.75, 3.05) is 0 Å². The van der Waals surface area contributed by atoms with E-state index in [0.29, 0.717) is 3.57 Å². The van der Waals surface area contributed by atoms with Crippen molar-refractivity contribution in [2.24, 2.45) is 0 Å². The van der Waals surface area contributed by atoms with Crippen LogP contribution in [-0.4, -0.2) is 22.5 Å². The lowest BCUT2D eigenvalue weighted by Gasteiger charge is -2.15. The number of benzene rings is 1. The highest BCUT2D eigenvalue weighted by atomic mass is 127. The van der Waals surface area contributed by atoms with Crippen molar-refractivity contribution in [3.8, 4) is 5.75 Å². The van der Waals surface area contributed by atoms with E-state index in [1.807, 2.05) is 0 Å². The fraction of sp³-hybridized carbons (Fsp3) is 0.222. The topological polar surface area (TPSA) is 66.8 Å². The van der Waals surface area contributed by atoms with Crippen LogP contribution in [0, 0.1) is 3.57 Å². The van der Waals surface area contributed by atoms with Gasteiger partial charge in [-0.1, -0.05) is 0 Å². The number of hydrogen-bond acceptors (Lipinski definition) is 3. The van der Waals surface area contributed by atoms with Gasteiger partial charge in [0.2, 0.25) is 0 Å². The molecule has 0 spiro atoms. The van der Waals surface area contributed by atoms with Gasteiger partial charge in [0.25, 0.3) is 0 Å². The van der Waals surface area contributed by atoms with Crippen LogP contribution in [0.5, 0.6) is 5.75 Å². The number of aliphatic hydroxyl groups excluding tert-OH is 1. The molecule has 1 unspecified atom stereocenters. The highest BCUT2D eigenvalue weighted by Gasteiger charge is 2.33. The lowest BCUT2D eigenvalue weighted by Crippen LogP contribution is -2.20. The predicted molar refractivity (Wildman–Crippen MR) is 58.4 cm³/mol. The van der Waals surface area contributed by atoms with E-state index in [2.05, 4.69) is 4.74 Å². The number of aliphatic carboxylic acids is 1.